The Hall–Kier alpha value is -1.63. The molecule has 1 aliphatic carbocycles. The number of hydrogen-bond acceptors (Lipinski definition) is 5. The van der Waals surface area contributed by atoms with Crippen LogP contribution in [0, 0.1) is 0 Å². The molecule has 0 spiro atoms. The maximum Gasteiger partial charge on any atom is 0.270 e. The first kappa shape index (κ1) is 13.4. The summed E-state index contributed by atoms with van der Waals surface area (Å²) in [5, 5.41) is 6.04. The van der Waals surface area contributed by atoms with E-state index >= 15 is 0 Å². The fourth-order valence-corrected chi connectivity index (χ4v) is 3.95. The normalized spacial score (nSPS) is 24.3. The lowest BCUT2D eigenvalue weighted by atomic mass is 10.2. The Morgan fingerprint density at radius 3 is 2.70 bits per heavy atom. The molecule has 3 rings (SSSR count). The second-order valence-electron chi connectivity index (χ2n) is 5.42. The molecule has 20 heavy (non-hydrogen) atoms. The fraction of sp³-hybridized carbons (Fsp3) is 0.538. The number of nitrogens with zero attached hydrogens (tertiary/aromatic N) is 1. The van der Waals surface area contributed by atoms with Gasteiger partial charge in [0.15, 0.2) is 9.84 Å². The number of rotatable bonds is 4. The van der Waals surface area contributed by atoms with Crippen LogP contribution in [-0.4, -0.2) is 42.9 Å². The Bertz CT molecular complexity index is 626. The van der Waals surface area contributed by atoms with E-state index in [1.807, 2.05) is 0 Å². The summed E-state index contributed by atoms with van der Waals surface area (Å²) in [5.41, 5.74) is 1.10. The van der Waals surface area contributed by atoms with Gasteiger partial charge in [0.2, 0.25) is 0 Å². The summed E-state index contributed by atoms with van der Waals surface area (Å²) in [6, 6.07) is 3.63. The van der Waals surface area contributed by atoms with Crippen molar-refractivity contribution >= 4 is 21.4 Å². The molecule has 1 unspecified atom stereocenters. The van der Waals surface area contributed by atoms with E-state index < -0.39 is 9.84 Å². The second-order valence-corrected chi connectivity index (χ2v) is 7.65. The standard InChI is InChI=1S/C13H17N3O3S/c17-13(16-9-1-2-9)12-7-10(3-5-14-12)15-11-4-6-20(18,19)8-11/h3,5,7,9,11H,1-2,4,6,8H2,(H,14,15)(H,16,17). The predicted octanol–water partition coefficient (Wildman–Crippen LogP) is 0.573. The van der Waals surface area contributed by atoms with Crippen LogP contribution >= 0.6 is 0 Å². The minimum Gasteiger partial charge on any atom is -0.381 e. The van der Waals surface area contributed by atoms with Gasteiger partial charge in [-0.15, -0.1) is 0 Å². The van der Waals surface area contributed by atoms with Gasteiger partial charge in [0.25, 0.3) is 5.91 Å². The molecular formula is C13H17N3O3S. The van der Waals surface area contributed by atoms with Crippen LogP contribution in [0.1, 0.15) is 29.8 Å². The first-order chi connectivity index (χ1) is 9.52. The Kier molecular flexibility index (Phi) is 3.37. The molecule has 2 heterocycles. The number of anilines is 1. The first-order valence-corrected chi connectivity index (χ1v) is 8.58. The van der Waals surface area contributed by atoms with Crippen LogP contribution in [0.3, 0.4) is 0 Å². The highest BCUT2D eigenvalue weighted by Gasteiger charge is 2.28. The lowest BCUT2D eigenvalue weighted by molar-refractivity contribution is 0.0946. The Morgan fingerprint density at radius 1 is 1.25 bits per heavy atom. The van der Waals surface area contributed by atoms with Gasteiger partial charge < -0.3 is 10.6 Å². The van der Waals surface area contributed by atoms with Crippen LogP contribution in [0.2, 0.25) is 0 Å². The predicted molar refractivity (Wildman–Crippen MR) is 75.4 cm³/mol. The molecule has 2 aliphatic rings. The van der Waals surface area contributed by atoms with E-state index in [-0.39, 0.29) is 23.5 Å². The van der Waals surface area contributed by atoms with E-state index in [4.69, 9.17) is 0 Å². The van der Waals surface area contributed by atoms with Crippen molar-refractivity contribution in [2.45, 2.75) is 31.3 Å². The number of sulfone groups is 1. The molecule has 0 radical (unpaired) electrons. The minimum absolute atomic E-state index is 0.0817. The van der Waals surface area contributed by atoms with Gasteiger partial charge in [0, 0.05) is 24.0 Å². The summed E-state index contributed by atoms with van der Waals surface area (Å²) in [5.74, 6) is 0.208. The summed E-state index contributed by atoms with van der Waals surface area (Å²) < 4.78 is 22.8. The molecule has 1 aromatic heterocycles. The van der Waals surface area contributed by atoms with Crippen molar-refractivity contribution in [2.24, 2.45) is 0 Å². The van der Waals surface area contributed by atoms with Crippen LogP contribution in [0.4, 0.5) is 5.69 Å². The molecule has 0 bridgehead atoms. The highest BCUT2D eigenvalue weighted by atomic mass is 32.2. The van der Waals surface area contributed by atoms with Crippen molar-refractivity contribution in [1.29, 1.82) is 0 Å². The van der Waals surface area contributed by atoms with Gasteiger partial charge in [-0.1, -0.05) is 0 Å². The molecule has 1 aromatic rings. The molecule has 1 amide bonds. The quantitative estimate of drug-likeness (QED) is 0.848. The molecule has 1 saturated carbocycles. The van der Waals surface area contributed by atoms with Crippen LogP contribution in [0.15, 0.2) is 18.3 Å². The zero-order chi connectivity index (χ0) is 14.2. The van der Waals surface area contributed by atoms with Crippen LogP contribution < -0.4 is 10.6 Å². The Morgan fingerprint density at radius 2 is 2.05 bits per heavy atom. The molecule has 2 N–H and O–H groups in total. The molecule has 1 saturated heterocycles. The van der Waals surface area contributed by atoms with E-state index in [1.54, 1.807) is 18.3 Å². The smallest absolute Gasteiger partial charge is 0.270 e. The second kappa shape index (κ2) is 5.05. The van der Waals surface area contributed by atoms with Gasteiger partial charge in [-0.25, -0.2) is 8.42 Å². The van der Waals surface area contributed by atoms with E-state index in [0.29, 0.717) is 18.2 Å². The number of carbonyl (C=O) groups is 1. The molecule has 7 heteroatoms. The third kappa shape index (κ3) is 3.27. The fourth-order valence-electron chi connectivity index (χ4n) is 2.28. The Labute approximate surface area is 117 Å². The van der Waals surface area contributed by atoms with Crippen LogP contribution in [0.5, 0.6) is 0 Å². The van der Waals surface area contributed by atoms with Crippen LogP contribution in [0.25, 0.3) is 0 Å². The first-order valence-electron chi connectivity index (χ1n) is 6.76. The molecule has 2 fully saturated rings. The largest absolute Gasteiger partial charge is 0.381 e. The lowest BCUT2D eigenvalue weighted by Crippen LogP contribution is -2.26. The third-order valence-corrected chi connectivity index (χ3v) is 5.28. The number of amides is 1. The van der Waals surface area contributed by atoms with Crippen molar-refractivity contribution < 1.29 is 13.2 Å². The van der Waals surface area contributed by atoms with Crippen molar-refractivity contribution in [3.63, 3.8) is 0 Å². The summed E-state index contributed by atoms with van der Waals surface area (Å²) >= 11 is 0. The number of pyridine rings is 1. The van der Waals surface area contributed by atoms with Gasteiger partial charge in [-0.3, -0.25) is 9.78 Å². The number of aromatic nitrogens is 1. The van der Waals surface area contributed by atoms with E-state index in [2.05, 4.69) is 15.6 Å². The highest BCUT2D eigenvalue weighted by molar-refractivity contribution is 7.91. The Balaban J connectivity index is 1.66. The molecule has 0 aromatic carbocycles. The van der Waals surface area contributed by atoms with E-state index in [9.17, 15) is 13.2 Å². The van der Waals surface area contributed by atoms with Crippen LogP contribution in [-0.2, 0) is 9.84 Å². The van der Waals surface area contributed by atoms with E-state index in [1.165, 1.54) is 0 Å². The maximum atomic E-state index is 11.9. The number of hydrogen-bond donors (Lipinski definition) is 2. The van der Waals surface area contributed by atoms with E-state index in [0.717, 1.165) is 18.5 Å². The van der Waals surface area contributed by atoms with Gasteiger partial charge >= 0.3 is 0 Å². The van der Waals surface area contributed by atoms with Crippen molar-refractivity contribution in [1.82, 2.24) is 10.3 Å². The molecule has 108 valence electrons. The number of carbonyl (C=O) groups excluding carboxylic acids is 1. The monoisotopic (exact) mass is 295 g/mol. The molecule has 1 atom stereocenters. The number of nitrogens with one attached hydrogen (secondary N) is 2. The van der Waals surface area contributed by atoms with Crippen molar-refractivity contribution in [2.75, 3.05) is 16.8 Å². The SMILES string of the molecule is O=C(NC1CC1)c1cc(NC2CCS(=O)(=O)C2)ccn1. The summed E-state index contributed by atoms with van der Waals surface area (Å²) in [6.07, 6.45) is 4.23. The van der Waals surface area contributed by atoms with Gasteiger partial charge in [-0.2, -0.15) is 0 Å². The zero-order valence-electron chi connectivity index (χ0n) is 11.0. The van der Waals surface area contributed by atoms with Crippen molar-refractivity contribution in [3.8, 4) is 0 Å². The summed E-state index contributed by atoms with van der Waals surface area (Å²) in [7, 11) is -2.91. The summed E-state index contributed by atoms with van der Waals surface area (Å²) in [4.78, 5) is 15.9. The van der Waals surface area contributed by atoms with Gasteiger partial charge in [0.05, 0.1) is 11.5 Å². The van der Waals surface area contributed by atoms with Crippen molar-refractivity contribution in [3.05, 3.63) is 24.0 Å². The van der Waals surface area contributed by atoms with Gasteiger partial charge in [0.1, 0.15) is 5.69 Å². The summed E-state index contributed by atoms with van der Waals surface area (Å²) in [6.45, 7) is 0. The average Bonchev–Trinajstić information content (AvgIpc) is 3.14. The lowest BCUT2D eigenvalue weighted by Gasteiger charge is -2.13. The minimum atomic E-state index is -2.91. The van der Waals surface area contributed by atoms with Gasteiger partial charge in [-0.05, 0) is 31.4 Å². The maximum absolute atomic E-state index is 11.9. The average molecular weight is 295 g/mol. The topological polar surface area (TPSA) is 88.2 Å². The molecular weight excluding hydrogens is 278 g/mol. The molecule has 1 aliphatic heterocycles. The highest BCUT2D eigenvalue weighted by Crippen LogP contribution is 2.20. The zero-order valence-corrected chi connectivity index (χ0v) is 11.8. The third-order valence-electron chi connectivity index (χ3n) is 3.51. The molecule has 6 nitrogen and oxygen atoms in total.